The van der Waals surface area contributed by atoms with Crippen LogP contribution in [-0.4, -0.2) is 11.9 Å². The molecule has 1 amide bonds. The van der Waals surface area contributed by atoms with E-state index in [-0.39, 0.29) is 18.0 Å². The number of amides is 1. The van der Waals surface area contributed by atoms with E-state index in [0.29, 0.717) is 6.42 Å². The fourth-order valence-corrected chi connectivity index (χ4v) is 2.91. The maximum Gasteiger partial charge on any atom is 0.340 e. The van der Waals surface area contributed by atoms with Gasteiger partial charge in [0.15, 0.2) is 0 Å². The Kier molecular flexibility index (Phi) is 6.82. The molecule has 28 heavy (non-hydrogen) atoms. The molecule has 0 saturated heterocycles. The number of halogens is 4. The molecule has 0 aromatic heterocycles. The largest absolute Gasteiger partial charge is 0.351 e. The van der Waals surface area contributed by atoms with E-state index < -0.39 is 34.9 Å². The molecule has 0 spiro atoms. The van der Waals surface area contributed by atoms with Gasteiger partial charge in [-0.05, 0) is 17.9 Å². The van der Waals surface area contributed by atoms with Crippen LogP contribution >= 0.6 is 0 Å². The Labute approximate surface area is 161 Å². The average molecular weight is 396 g/mol. The summed E-state index contributed by atoms with van der Waals surface area (Å²) in [6, 6.07) is 10.1. The van der Waals surface area contributed by atoms with Crippen molar-refractivity contribution in [2.75, 3.05) is 0 Å². The first-order valence-corrected chi connectivity index (χ1v) is 9.00. The minimum Gasteiger partial charge on any atom is -0.351 e. The number of hydrogen-bond donors (Lipinski definition) is 2. The van der Waals surface area contributed by atoms with Crippen molar-refractivity contribution in [3.8, 4) is 0 Å². The molecule has 0 aliphatic carbocycles. The van der Waals surface area contributed by atoms with E-state index in [1.54, 1.807) is 0 Å². The van der Waals surface area contributed by atoms with Crippen LogP contribution in [0.1, 0.15) is 37.0 Å². The van der Waals surface area contributed by atoms with Crippen LogP contribution in [-0.2, 0) is 23.2 Å². The van der Waals surface area contributed by atoms with Gasteiger partial charge in [-0.3, -0.25) is 4.79 Å². The maximum absolute atomic E-state index is 14.8. The first kappa shape index (κ1) is 21.9. The lowest BCUT2D eigenvalue weighted by Gasteiger charge is -2.29. The zero-order valence-electron chi connectivity index (χ0n) is 15.8. The monoisotopic (exact) mass is 396 g/mol. The topological polar surface area (TPSA) is 55.1 Å². The van der Waals surface area contributed by atoms with Crippen LogP contribution in [0.15, 0.2) is 54.6 Å². The quantitative estimate of drug-likeness (QED) is 0.643. The van der Waals surface area contributed by atoms with Gasteiger partial charge in [0.2, 0.25) is 5.91 Å². The molecular weight excluding hydrogens is 372 g/mol. The highest BCUT2D eigenvalue weighted by molar-refractivity contribution is 5.81. The molecule has 2 rings (SSSR count). The fraction of sp³-hybridized carbons (Fsp3) is 0.381. The van der Waals surface area contributed by atoms with Crippen molar-refractivity contribution in [3.63, 3.8) is 0 Å². The lowest BCUT2D eigenvalue weighted by atomic mass is 9.92. The minimum atomic E-state index is -4.46. The van der Waals surface area contributed by atoms with E-state index >= 15 is 0 Å². The highest BCUT2D eigenvalue weighted by Gasteiger charge is 2.59. The fourth-order valence-electron chi connectivity index (χ4n) is 2.91. The third kappa shape index (κ3) is 4.70. The molecule has 3 N–H and O–H groups in total. The molecule has 0 fully saturated rings. The van der Waals surface area contributed by atoms with E-state index in [2.05, 4.69) is 5.32 Å². The zero-order chi connectivity index (χ0) is 20.9. The number of hydrogen-bond acceptors (Lipinski definition) is 2. The number of alkyl halides is 4. The van der Waals surface area contributed by atoms with E-state index in [1.807, 2.05) is 13.8 Å². The summed E-state index contributed by atoms with van der Waals surface area (Å²) in [6.07, 6.45) is 0.426. The Morgan fingerprint density at radius 3 is 2.14 bits per heavy atom. The molecule has 7 heteroatoms. The van der Waals surface area contributed by atoms with E-state index in [1.165, 1.54) is 36.4 Å². The van der Waals surface area contributed by atoms with Crippen LogP contribution < -0.4 is 11.1 Å². The van der Waals surface area contributed by atoms with Crippen molar-refractivity contribution in [3.05, 3.63) is 71.3 Å². The predicted molar refractivity (Wildman–Crippen MR) is 99.9 cm³/mol. The molecule has 0 aliphatic rings. The SMILES string of the molecule is CC(C)CC(N)C(=O)NCc1ccccc1C(F)(F)C(F)(F)c1ccccc1. The van der Waals surface area contributed by atoms with Crippen molar-refractivity contribution in [2.24, 2.45) is 11.7 Å². The van der Waals surface area contributed by atoms with Crippen LogP contribution in [0.25, 0.3) is 0 Å². The molecule has 0 radical (unpaired) electrons. The van der Waals surface area contributed by atoms with Gasteiger partial charge in [0.25, 0.3) is 0 Å². The summed E-state index contributed by atoms with van der Waals surface area (Å²) in [5, 5.41) is 2.47. The first-order valence-electron chi connectivity index (χ1n) is 9.00. The Balaban J connectivity index is 2.26. The summed E-state index contributed by atoms with van der Waals surface area (Å²) >= 11 is 0. The molecule has 0 bridgehead atoms. The van der Waals surface area contributed by atoms with Crippen molar-refractivity contribution in [1.82, 2.24) is 5.32 Å². The summed E-state index contributed by atoms with van der Waals surface area (Å²) in [4.78, 5) is 12.1. The van der Waals surface area contributed by atoms with E-state index in [4.69, 9.17) is 5.73 Å². The van der Waals surface area contributed by atoms with Crippen molar-refractivity contribution < 1.29 is 22.4 Å². The van der Waals surface area contributed by atoms with Crippen LogP contribution in [0, 0.1) is 5.92 Å². The lowest BCUT2D eigenvalue weighted by molar-refractivity contribution is -0.224. The molecule has 0 heterocycles. The van der Waals surface area contributed by atoms with Gasteiger partial charge in [0.05, 0.1) is 6.04 Å². The highest BCUT2D eigenvalue weighted by atomic mass is 19.3. The second-order valence-corrected chi connectivity index (χ2v) is 7.13. The van der Waals surface area contributed by atoms with Crippen LogP contribution in [0.4, 0.5) is 17.6 Å². The van der Waals surface area contributed by atoms with Crippen molar-refractivity contribution in [2.45, 2.75) is 44.7 Å². The van der Waals surface area contributed by atoms with Gasteiger partial charge in [0.1, 0.15) is 0 Å². The lowest BCUT2D eigenvalue weighted by Crippen LogP contribution is -2.42. The van der Waals surface area contributed by atoms with Gasteiger partial charge in [0, 0.05) is 17.7 Å². The molecule has 2 aromatic rings. The molecule has 3 nitrogen and oxygen atoms in total. The Hall–Kier alpha value is -2.41. The number of carbonyl (C=O) groups excluding carboxylic acids is 1. The smallest absolute Gasteiger partial charge is 0.340 e. The van der Waals surface area contributed by atoms with Crippen LogP contribution in [0.5, 0.6) is 0 Å². The van der Waals surface area contributed by atoms with E-state index in [0.717, 1.165) is 18.2 Å². The Morgan fingerprint density at radius 2 is 1.54 bits per heavy atom. The number of carbonyl (C=O) groups is 1. The second kappa shape index (κ2) is 8.73. The zero-order valence-corrected chi connectivity index (χ0v) is 15.8. The summed E-state index contributed by atoms with van der Waals surface area (Å²) in [6.45, 7) is 3.48. The molecule has 1 unspecified atom stereocenters. The first-order chi connectivity index (χ1) is 13.1. The Morgan fingerprint density at radius 1 is 0.964 bits per heavy atom. The van der Waals surface area contributed by atoms with Gasteiger partial charge in [-0.2, -0.15) is 17.6 Å². The minimum absolute atomic E-state index is 0.0896. The highest BCUT2D eigenvalue weighted by Crippen LogP contribution is 2.50. The van der Waals surface area contributed by atoms with Crippen molar-refractivity contribution >= 4 is 5.91 Å². The number of benzene rings is 2. The van der Waals surface area contributed by atoms with Gasteiger partial charge in [-0.1, -0.05) is 68.4 Å². The normalized spacial score (nSPS) is 13.4. The third-order valence-corrected chi connectivity index (χ3v) is 4.40. The van der Waals surface area contributed by atoms with Gasteiger partial charge in [-0.15, -0.1) is 0 Å². The van der Waals surface area contributed by atoms with Crippen LogP contribution in [0.3, 0.4) is 0 Å². The van der Waals surface area contributed by atoms with Gasteiger partial charge in [-0.25, -0.2) is 0 Å². The van der Waals surface area contributed by atoms with E-state index in [9.17, 15) is 22.4 Å². The standard InChI is InChI=1S/C21H24F4N2O/c1-14(2)12-18(26)19(28)27-13-15-8-6-7-11-17(15)21(24,25)20(22,23)16-9-4-3-5-10-16/h3-11,14,18H,12-13,26H2,1-2H3,(H,27,28). The number of nitrogens with two attached hydrogens (primary N) is 1. The summed E-state index contributed by atoms with van der Waals surface area (Å²) in [5.74, 6) is -9.21. The predicted octanol–water partition coefficient (Wildman–Crippen LogP) is 4.56. The summed E-state index contributed by atoms with van der Waals surface area (Å²) in [5.41, 5.74) is 4.07. The molecule has 1 atom stereocenters. The second-order valence-electron chi connectivity index (χ2n) is 7.13. The van der Waals surface area contributed by atoms with Crippen molar-refractivity contribution in [1.29, 1.82) is 0 Å². The molecule has 0 saturated carbocycles. The molecule has 152 valence electrons. The maximum atomic E-state index is 14.8. The molecule has 0 aliphatic heterocycles. The van der Waals surface area contributed by atoms with Gasteiger partial charge < -0.3 is 11.1 Å². The molecular formula is C21H24F4N2O. The average Bonchev–Trinajstić information content (AvgIpc) is 2.66. The number of nitrogens with one attached hydrogen (secondary N) is 1. The Bertz CT molecular complexity index is 794. The summed E-state index contributed by atoms with van der Waals surface area (Å²) < 4.78 is 58.9. The molecule has 2 aromatic carbocycles. The summed E-state index contributed by atoms with van der Waals surface area (Å²) in [7, 11) is 0. The number of rotatable bonds is 8. The third-order valence-electron chi connectivity index (χ3n) is 4.40. The van der Waals surface area contributed by atoms with Gasteiger partial charge >= 0.3 is 11.8 Å². The van der Waals surface area contributed by atoms with Crippen LogP contribution in [0.2, 0.25) is 0 Å².